The Labute approximate surface area is 124 Å². The van der Waals surface area contributed by atoms with Gasteiger partial charge in [0.2, 0.25) is 5.91 Å². The van der Waals surface area contributed by atoms with Gasteiger partial charge in [-0.2, -0.15) is 0 Å². The fourth-order valence-corrected chi connectivity index (χ4v) is 3.47. The summed E-state index contributed by atoms with van der Waals surface area (Å²) in [6.45, 7) is 8.57. The molecule has 1 N–H and O–H groups in total. The van der Waals surface area contributed by atoms with Crippen molar-refractivity contribution in [3.8, 4) is 0 Å². The Morgan fingerprint density at radius 3 is 2.60 bits per heavy atom. The lowest BCUT2D eigenvalue weighted by molar-refractivity contribution is -0.125. The molecule has 0 spiro atoms. The van der Waals surface area contributed by atoms with Crippen molar-refractivity contribution in [2.45, 2.75) is 77.8 Å². The molecule has 0 aromatic heterocycles. The third kappa shape index (κ3) is 4.21. The standard InChI is InChI=1S/C17H32N2O/c1-4-5-7-14-10-15(18-17(20)13(2)3)12-19(11-14)16-8-6-9-16/h13-16H,4-12H2,1-3H3,(H,18,20). The number of likely N-dealkylation sites (tertiary alicyclic amines) is 1. The number of amides is 1. The van der Waals surface area contributed by atoms with Gasteiger partial charge < -0.3 is 5.32 Å². The quantitative estimate of drug-likeness (QED) is 0.810. The van der Waals surface area contributed by atoms with Crippen LogP contribution in [0, 0.1) is 11.8 Å². The Kier molecular flexibility index (Phi) is 5.88. The molecule has 1 aliphatic carbocycles. The summed E-state index contributed by atoms with van der Waals surface area (Å²) < 4.78 is 0. The van der Waals surface area contributed by atoms with Gasteiger partial charge in [-0.25, -0.2) is 0 Å². The van der Waals surface area contributed by atoms with E-state index in [9.17, 15) is 4.79 Å². The lowest BCUT2D eigenvalue weighted by Crippen LogP contribution is -2.55. The molecule has 1 saturated carbocycles. The van der Waals surface area contributed by atoms with E-state index in [1.165, 1.54) is 51.5 Å². The molecule has 116 valence electrons. The molecule has 1 heterocycles. The minimum Gasteiger partial charge on any atom is -0.352 e. The SMILES string of the molecule is CCCCC1CC(NC(=O)C(C)C)CN(C2CCC2)C1. The van der Waals surface area contributed by atoms with E-state index in [0.717, 1.165) is 18.5 Å². The summed E-state index contributed by atoms with van der Waals surface area (Å²) in [4.78, 5) is 14.6. The van der Waals surface area contributed by atoms with Crippen molar-refractivity contribution >= 4 is 5.91 Å². The molecule has 1 aliphatic heterocycles. The Balaban J connectivity index is 1.90. The van der Waals surface area contributed by atoms with Gasteiger partial charge in [0, 0.05) is 31.1 Å². The van der Waals surface area contributed by atoms with Crippen molar-refractivity contribution in [1.29, 1.82) is 0 Å². The number of hydrogen-bond donors (Lipinski definition) is 1. The molecule has 2 fully saturated rings. The largest absolute Gasteiger partial charge is 0.352 e. The molecule has 2 unspecified atom stereocenters. The van der Waals surface area contributed by atoms with Crippen LogP contribution in [0.5, 0.6) is 0 Å². The van der Waals surface area contributed by atoms with Crippen LogP contribution in [0.25, 0.3) is 0 Å². The van der Waals surface area contributed by atoms with Crippen molar-refractivity contribution in [2.24, 2.45) is 11.8 Å². The number of nitrogens with one attached hydrogen (secondary N) is 1. The number of unbranched alkanes of at least 4 members (excludes halogenated alkanes) is 1. The van der Waals surface area contributed by atoms with Crippen molar-refractivity contribution in [1.82, 2.24) is 10.2 Å². The Bertz CT molecular complexity index is 312. The molecular formula is C17H32N2O. The van der Waals surface area contributed by atoms with E-state index in [1.807, 2.05) is 13.8 Å². The van der Waals surface area contributed by atoms with E-state index in [1.54, 1.807) is 0 Å². The monoisotopic (exact) mass is 280 g/mol. The zero-order chi connectivity index (χ0) is 14.5. The summed E-state index contributed by atoms with van der Waals surface area (Å²) in [6.07, 6.45) is 9.24. The van der Waals surface area contributed by atoms with E-state index >= 15 is 0 Å². The van der Waals surface area contributed by atoms with Gasteiger partial charge in [-0.05, 0) is 31.6 Å². The van der Waals surface area contributed by atoms with Crippen LogP contribution in [0.4, 0.5) is 0 Å². The van der Waals surface area contributed by atoms with Crippen LogP contribution in [0.2, 0.25) is 0 Å². The summed E-state index contributed by atoms with van der Waals surface area (Å²) in [5.74, 6) is 1.10. The summed E-state index contributed by atoms with van der Waals surface area (Å²) in [6, 6.07) is 1.18. The van der Waals surface area contributed by atoms with Crippen LogP contribution in [-0.4, -0.2) is 36.0 Å². The lowest BCUT2D eigenvalue weighted by Gasteiger charge is -2.45. The second-order valence-corrected chi connectivity index (χ2v) is 7.14. The highest BCUT2D eigenvalue weighted by Gasteiger charge is 2.34. The normalized spacial score (nSPS) is 28.4. The summed E-state index contributed by atoms with van der Waals surface area (Å²) in [7, 11) is 0. The van der Waals surface area contributed by atoms with Gasteiger partial charge in [-0.1, -0.05) is 40.0 Å². The van der Waals surface area contributed by atoms with Crippen molar-refractivity contribution in [2.75, 3.05) is 13.1 Å². The third-order valence-electron chi connectivity index (χ3n) is 4.99. The molecule has 3 nitrogen and oxygen atoms in total. The van der Waals surface area contributed by atoms with E-state index in [2.05, 4.69) is 17.1 Å². The summed E-state index contributed by atoms with van der Waals surface area (Å²) >= 11 is 0. The summed E-state index contributed by atoms with van der Waals surface area (Å²) in [5.41, 5.74) is 0. The molecular weight excluding hydrogens is 248 g/mol. The molecule has 0 radical (unpaired) electrons. The first-order valence-corrected chi connectivity index (χ1v) is 8.64. The average molecular weight is 280 g/mol. The predicted molar refractivity (Wildman–Crippen MR) is 83.6 cm³/mol. The van der Waals surface area contributed by atoms with Crippen LogP contribution < -0.4 is 5.32 Å². The molecule has 0 aromatic rings. The first kappa shape index (κ1) is 15.8. The third-order valence-corrected chi connectivity index (χ3v) is 4.99. The van der Waals surface area contributed by atoms with E-state index in [0.29, 0.717) is 6.04 Å². The van der Waals surface area contributed by atoms with Gasteiger partial charge >= 0.3 is 0 Å². The Hall–Kier alpha value is -0.570. The van der Waals surface area contributed by atoms with Crippen LogP contribution in [0.15, 0.2) is 0 Å². The maximum atomic E-state index is 12.0. The van der Waals surface area contributed by atoms with E-state index < -0.39 is 0 Å². The molecule has 2 rings (SSSR count). The van der Waals surface area contributed by atoms with E-state index in [-0.39, 0.29) is 11.8 Å². The molecule has 2 atom stereocenters. The number of hydrogen-bond acceptors (Lipinski definition) is 2. The molecule has 1 saturated heterocycles. The first-order valence-electron chi connectivity index (χ1n) is 8.64. The van der Waals surface area contributed by atoms with Crippen molar-refractivity contribution < 1.29 is 4.79 Å². The number of piperidine rings is 1. The van der Waals surface area contributed by atoms with Crippen LogP contribution in [0.3, 0.4) is 0 Å². The molecule has 20 heavy (non-hydrogen) atoms. The highest BCUT2D eigenvalue weighted by Crippen LogP contribution is 2.31. The van der Waals surface area contributed by atoms with Gasteiger partial charge in [0.15, 0.2) is 0 Å². The first-order chi connectivity index (χ1) is 9.60. The van der Waals surface area contributed by atoms with Crippen molar-refractivity contribution in [3.05, 3.63) is 0 Å². The number of carbonyl (C=O) groups excluding carboxylic acids is 1. The topological polar surface area (TPSA) is 32.3 Å². The molecule has 1 amide bonds. The minimum atomic E-state index is 0.100. The molecule has 3 heteroatoms. The highest BCUT2D eigenvalue weighted by atomic mass is 16.1. The average Bonchev–Trinajstić information content (AvgIpc) is 2.34. The predicted octanol–water partition coefficient (Wildman–Crippen LogP) is 3.19. The number of nitrogens with zero attached hydrogens (tertiary/aromatic N) is 1. The van der Waals surface area contributed by atoms with E-state index in [4.69, 9.17) is 0 Å². The zero-order valence-corrected chi connectivity index (χ0v) is 13.5. The van der Waals surface area contributed by atoms with Crippen LogP contribution in [0.1, 0.15) is 65.7 Å². The summed E-state index contributed by atoms with van der Waals surface area (Å²) in [5, 5.41) is 3.28. The highest BCUT2D eigenvalue weighted by molar-refractivity contribution is 5.78. The fraction of sp³-hybridized carbons (Fsp3) is 0.941. The Morgan fingerprint density at radius 1 is 1.30 bits per heavy atom. The maximum Gasteiger partial charge on any atom is 0.222 e. The Morgan fingerprint density at radius 2 is 2.05 bits per heavy atom. The second kappa shape index (κ2) is 7.44. The molecule has 0 bridgehead atoms. The smallest absolute Gasteiger partial charge is 0.222 e. The van der Waals surface area contributed by atoms with Gasteiger partial charge in [0.05, 0.1) is 0 Å². The van der Waals surface area contributed by atoms with Gasteiger partial charge in [-0.15, -0.1) is 0 Å². The second-order valence-electron chi connectivity index (χ2n) is 7.14. The fourth-order valence-electron chi connectivity index (χ4n) is 3.47. The minimum absolute atomic E-state index is 0.100. The zero-order valence-electron chi connectivity index (χ0n) is 13.5. The van der Waals surface area contributed by atoms with Gasteiger partial charge in [0.25, 0.3) is 0 Å². The lowest BCUT2D eigenvalue weighted by atomic mass is 9.84. The van der Waals surface area contributed by atoms with Gasteiger partial charge in [-0.3, -0.25) is 9.69 Å². The van der Waals surface area contributed by atoms with Crippen LogP contribution >= 0.6 is 0 Å². The number of rotatable bonds is 6. The van der Waals surface area contributed by atoms with Gasteiger partial charge in [0.1, 0.15) is 0 Å². The molecule has 0 aromatic carbocycles. The maximum absolute atomic E-state index is 12.0. The number of carbonyl (C=O) groups is 1. The van der Waals surface area contributed by atoms with Crippen LogP contribution in [-0.2, 0) is 4.79 Å². The van der Waals surface area contributed by atoms with Crippen molar-refractivity contribution in [3.63, 3.8) is 0 Å². The molecule has 2 aliphatic rings.